The number of rotatable bonds is 14. The predicted octanol–water partition coefficient (Wildman–Crippen LogP) is 8.89. The van der Waals surface area contributed by atoms with Crippen molar-refractivity contribution >= 4 is 23.3 Å². The number of hydrogen-bond donors (Lipinski definition) is 0. The minimum Gasteiger partial charge on any atom is -0.465 e. The summed E-state index contributed by atoms with van der Waals surface area (Å²) in [6.45, 7) is 9.29. The predicted molar refractivity (Wildman–Crippen MR) is 209 cm³/mol. The Morgan fingerprint density at radius 2 is 1.13 bits per heavy atom. The molecule has 0 amide bonds. The molecule has 0 saturated carbocycles. The molecule has 0 spiro atoms. The molecule has 2 aromatic carbocycles. The van der Waals surface area contributed by atoms with Crippen LogP contribution in [0, 0.1) is 34.5 Å². The van der Waals surface area contributed by atoms with E-state index in [1.165, 1.54) is 12.8 Å². The van der Waals surface area contributed by atoms with Crippen LogP contribution >= 0.6 is 0 Å². The molecule has 2 unspecified atom stereocenters. The first kappa shape index (κ1) is 41.7. The van der Waals surface area contributed by atoms with Gasteiger partial charge in [-0.2, -0.15) is 10.5 Å². The highest BCUT2D eigenvalue weighted by molar-refractivity contribution is 6.19. The molecule has 2 aliphatic rings. The van der Waals surface area contributed by atoms with Gasteiger partial charge >= 0.3 is 11.9 Å². The van der Waals surface area contributed by atoms with Crippen molar-refractivity contribution in [3.8, 4) is 34.7 Å². The van der Waals surface area contributed by atoms with Crippen LogP contribution < -0.4 is 0 Å². The van der Waals surface area contributed by atoms with Crippen molar-refractivity contribution in [3.63, 3.8) is 0 Å². The fourth-order valence-electron chi connectivity index (χ4n) is 6.31. The summed E-state index contributed by atoms with van der Waals surface area (Å²) >= 11 is 0. The lowest BCUT2D eigenvalue weighted by molar-refractivity contribution is -0.144. The van der Waals surface area contributed by atoms with E-state index >= 15 is 0 Å². The van der Waals surface area contributed by atoms with Gasteiger partial charge in [0.05, 0.1) is 30.7 Å². The van der Waals surface area contributed by atoms with Crippen LogP contribution in [0.2, 0.25) is 0 Å². The number of carbonyl (C=O) groups excluding carboxylic acids is 3. The van der Waals surface area contributed by atoms with Crippen LogP contribution in [0.3, 0.4) is 0 Å². The first-order valence-corrected chi connectivity index (χ1v) is 19.0. The Hall–Kier alpha value is -6.07. The van der Waals surface area contributed by atoms with E-state index in [4.69, 9.17) is 14.7 Å². The first-order valence-electron chi connectivity index (χ1n) is 19.0. The summed E-state index contributed by atoms with van der Waals surface area (Å²) < 4.78 is 10.5. The summed E-state index contributed by atoms with van der Waals surface area (Å²) in [6, 6.07) is 18.9. The van der Waals surface area contributed by atoms with Gasteiger partial charge in [-0.1, -0.05) is 115 Å². The topological polar surface area (TPSA) is 169 Å². The van der Waals surface area contributed by atoms with Gasteiger partial charge in [0.1, 0.15) is 29.5 Å². The second-order valence-corrected chi connectivity index (χ2v) is 13.2. The molecule has 2 heterocycles. The Morgan fingerprint density at radius 1 is 0.655 bits per heavy atom. The van der Waals surface area contributed by atoms with Gasteiger partial charge < -0.3 is 9.47 Å². The molecule has 4 aromatic rings. The van der Waals surface area contributed by atoms with Crippen LogP contribution in [0.1, 0.15) is 113 Å². The largest absolute Gasteiger partial charge is 0.465 e. The minimum absolute atomic E-state index is 0.00737. The fourth-order valence-corrected chi connectivity index (χ4v) is 6.31. The van der Waals surface area contributed by atoms with E-state index in [2.05, 4.69) is 47.6 Å². The normalized spacial score (nSPS) is 13.4. The molecule has 11 nitrogen and oxygen atoms in total. The van der Waals surface area contributed by atoms with Gasteiger partial charge in [0.2, 0.25) is 5.78 Å². The third-order valence-electron chi connectivity index (χ3n) is 9.53. The molecule has 0 aliphatic heterocycles. The van der Waals surface area contributed by atoms with Crippen molar-refractivity contribution in [3.05, 3.63) is 101 Å². The lowest BCUT2D eigenvalue weighted by Gasteiger charge is -2.15. The molecule has 284 valence electrons. The number of ether oxygens (including phenoxy) is 2. The average molecular weight is 741 g/mol. The highest BCUT2D eigenvalue weighted by Gasteiger charge is 2.32. The SMILES string of the molecule is CCCCC(CC)COC(=O)/C(C#N)=C1/c2ccccc2-c2nccnc21.CCCCC(CC)COC(=O)CC#N.O=C1c2ccccc2-c2nccnc21. The van der Waals surface area contributed by atoms with E-state index in [0.29, 0.717) is 59.0 Å². The summed E-state index contributed by atoms with van der Waals surface area (Å²) in [5.41, 5.74) is 6.20. The number of nitrogens with zero attached hydrogens (tertiary/aromatic N) is 6. The molecule has 0 radical (unpaired) electrons. The van der Waals surface area contributed by atoms with Crippen molar-refractivity contribution in [2.24, 2.45) is 11.8 Å². The Labute approximate surface area is 323 Å². The number of unbranched alkanes of at least 4 members (excludes halogenated alkanes) is 2. The highest BCUT2D eigenvalue weighted by Crippen LogP contribution is 2.43. The average Bonchev–Trinajstić information content (AvgIpc) is 3.71. The molecule has 0 fully saturated rings. The number of benzene rings is 2. The van der Waals surface area contributed by atoms with Crippen LogP contribution in [0.15, 0.2) is 78.9 Å². The van der Waals surface area contributed by atoms with Crippen molar-refractivity contribution in [1.82, 2.24) is 19.9 Å². The number of ketones is 1. The van der Waals surface area contributed by atoms with Gasteiger partial charge in [0, 0.05) is 47.1 Å². The highest BCUT2D eigenvalue weighted by atomic mass is 16.5. The summed E-state index contributed by atoms with van der Waals surface area (Å²) in [7, 11) is 0. The zero-order chi connectivity index (χ0) is 39.6. The molecule has 0 saturated heterocycles. The molecular weight excluding hydrogens is 693 g/mol. The molecule has 0 bridgehead atoms. The van der Waals surface area contributed by atoms with Crippen LogP contribution in [0.5, 0.6) is 0 Å². The molecular formula is C44H48N6O5. The third-order valence-corrected chi connectivity index (χ3v) is 9.53. The second kappa shape index (κ2) is 21.6. The van der Waals surface area contributed by atoms with Crippen molar-refractivity contribution in [2.45, 2.75) is 85.5 Å². The van der Waals surface area contributed by atoms with Crippen molar-refractivity contribution in [1.29, 1.82) is 10.5 Å². The molecule has 2 atom stereocenters. The van der Waals surface area contributed by atoms with E-state index < -0.39 is 11.9 Å². The fraction of sp³-hybridized carbons (Fsp3) is 0.386. The van der Waals surface area contributed by atoms with Gasteiger partial charge in [0.25, 0.3) is 0 Å². The summed E-state index contributed by atoms with van der Waals surface area (Å²) in [6.07, 6.45) is 14.9. The maximum atomic E-state index is 12.7. The quantitative estimate of drug-likeness (QED) is 0.0594. The summed E-state index contributed by atoms with van der Waals surface area (Å²) in [4.78, 5) is 52.4. The molecule has 2 aromatic heterocycles. The summed E-state index contributed by atoms with van der Waals surface area (Å²) in [5, 5.41) is 18.0. The number of carbonyl (C=O) groups is 3. The van der Waals surface area contributed by atoms with Gasteiger partial charge in [-0.05, 0) is 30.2 Å². The van der Waals surface area contributed by atoms with E-state index in [1.807, 2.05) is 48.5 Å². The number of aromatic nitrogens is 4. The van der Waals surface area contributed by atoms with Crippen LogP contribution in [-0.4, -0.2) is 50.9 Å². The number of hydrogen-bond acceptors (Lipinski definition) is 11. The van der Waals surface area contributed by atoms with Crippen LogP contribution in [-0.2, 0) is 19.1 Å². The Bertz CT molecular complexity index is 1970. The maximum Gasteiger partial charge on any atom is 0.349 e. The zero-order valence-electron chi connectivity index (χ0n) is 32.1. The monoisotopic (exact) mass is 740 g/mol. The van der Waals surface area contributed by atoms with E-state index in [0.717, 1.165) is 55.2 Å². The molecule has 11 heteroatoms. The molecule has 2 aliphatic carbocycles. The lowest BCUT2D eigenvalue weighted by Crippen LogP contribution is -2.16. The first-order chi connectivity index (χ1) is 26.8. The Balaban J connectivity index is 0.000000202. The van der Waals surface area contributed by atoms with Crippen molar-refractivity contribution in [2.75, 3.05) is 13.2 Å². The Kier molecular flexibility index (Phi) is 16.4. The van der Waals surface area contributed by atoms with E-state index in [9.17, 15) is 19.6 Å². The standard InChI is InChI=1S/C22H23N3O2.C11H6N2O.C11H19NO2/c1-3-5-8-15(4-2)14-27-22(26)18(13-23)19-16-9-6-7-10-17(16)20-21(19)25-12-11-24-20;14-11-8-4-2-1-3-7(8)9-10(11)13-6-5-12-9;1-3-5-6-10(4-2)9-14-11(13)7-8-12/h6-7,9-12,15H,3-5,8,14H2,1-2H3;1-6H;10H,3-7,9H2,1-2H3/b19-18-;;. The number of esters is 2. The number of fused-ring (bicyclic) bond motifs is 6. The zero-order valence-corrected chi connectivity index (χ0v) is 32.1. The third kappa shape index (κ3) is 10.8. The van der Waals surface area contributed by atoms with Crippen LogP contribution in [0.4, 0.5) is 0 Å². The smallest absolute Gasteiger partial charge is 0.349 e. The van der Waals surface area contributed by atoms with Crippen LogP contribution in [0.25, 0.3) is 28.1 Å². The van der Waals surface area contributed by atoms with Gasteiger partial charge in [0.15, 0.2) is 0 Å². The van der Waals surface area contributed by atoms with E-state index in [-0.39, 0.29) is 17.8 Å². The Morgan fingerprint density at radius 3 is 1.65 bits per heavy atom. The molecule has 0 N–H and O–H groups in total. The molecule has 55 heavy (non-hydrogen) atoms. The van der Waals surface area contributed by atoms with E-state index in [1.54, 1.807) is 36.9 Å². The summed E-state index contributed by atoms with van der Waals surface area (Å²) in [5.74, 6) is -0.235. The molecule has 6 rings (SSSR count). The minimum atomic E-state index is -0.587. The van der Waals surface area contributed by atoms with Gasteiger partial charge in [-0.25, -0.2) is 9.78 Å². The van der Waals surface area contributed by atoms with Gasteiger partial charge in [-0.15, -0.1) is 0 Å². The lowest BCUT2D eigenvalue weighted by atomic mass is 10.00. The number of nitriles is 2. The van der Waals surface area contributed by atoms with Gasteiger partial charge in [-0.3, -0.25) is 24.5 Å². The maximum absolute atomic E-state index is 12.7. The van der Waals surface area contributed by atoms with Crippen molar-refractivity contribution < 1.29 is 23.9 Å². The second-order valence-electron chi connectivity index (χ2n) is 13.2.